The molecule has 0 saturated heterocycles. The van der Waals surface area contributed by atoms with Gasteiger partial charge in [0, 0.05) is 29.7 Å². The van der Waals surface area contributed by atoms with Gasteiger partial charge in [-0.3, -0.25) is 9.59 Å². The molecular weight excluding hydrogens is 570 g/mol. The molecule has 5 heteroatoms. The molecule has 5 aliphatic rings. The number of carbonyl (C=O) groups is 2. The van der Waals surface area contributed by atoms with Crippen LogP contribution < -0.4 is 5.32 Å². The van der Waals surface area contributed by atoms with E-state index in [1.165, 1.54) is 37.7 Å². The second-order valence-electron chi connectivity index (χ2n) is 19.3. The van der Waals surface area contributed by atoms with Crippen LogP contribution in [0, 0.1) is 56.2 Å². The fourth-order valence-corrected chi connectivity index (χ4v) is 13.0. The third-order valence-electron chi connectivity index (χ3n) is 14.9. The Morgan fingerprint density at radius 3 is 2.13 bits per heavy atom. The molecule has 5 rings (SSSR count). The molecule has 0 aromatic rings. The number of fused-ring (bicyclic) bond motifs is 7. The summed E-state index contributed by atoms with van der Waals surface area (Å²) >= 11 is 0. The second-order valence-corrected chi connectivity index (χ2v) is 19.3. The molecule has 0 aromatic heterocycles. The van der Waals surface area contributed by atoms with Crippen molar-refractivity contribution in [3.63, 3.8) is 0 Å². The molecule has 0 amide bonds. The number of aliphatic carboxylic acids is 1. The average molecular weight is 638 g/mol. The minimum absolute atomic E-state index is 0.0261. The van der Waals surface area contributed by atoms with Crippen molar-refractivity contribution in [3.8, 4) is 0 Å². The van der Waals surface area contributed by atoms with Crippen LogP contribution in [0.4, 0.5) is 0 Å². The lowest BCUT2D eigenvalue weighted by molar-refractivity contribution is -0.217. The van der Waals surface area contributed by atoms with Crippen LogP contribution in [0.15, 0.2) is 23.5 Å². The van der Waals surface area contributed by atoms with Gasteiger partial charge in [-0.05, 0) is 124 Å². The van der Waals surface area contributed by atoms with Gasteiger partial charge in [-0.15, -0.1) is 0 Å². The third kappa shape index (κ3) is 5.45. The molecule has 5 nitrogen and oxygen atoms in total. The molecular formula is C41H67NO4. The van der Waals surface area contributed by atoms with Crippen molar-refractivity contribution in [1.82, 2.24) is 5.32 Å². The molecule has 0 spiro atoms. The highest BCUT2D eigenvalue weighted by molar-refractivity contribution is 6.00. The normalized spacial score (nSPS) is 40.3. The van der Waals surface area contributed by atoms with Crippen molar-refractivity contribution in [1.29, 1.82) is 0 Å². The van der Waals surface area contributed by atoms with Gasteiger partial charge in [-0.1, -0.05) is 74.5 Å². The van der Waals surface area contributed by atoms with Crippen LogP contribution in [0.5, 0.6) is 0 Å². The van der Waals surface area contributed by atoms with Crippen molar-refractivity contribution in [2.24, 2.45) is 56.2 Å². The Morgan fingerprint density at radius 1 is 0.935 bits per heavy atom. The Bertz CT molecular complexity index is 1270. The molecule has 8 atom stereocenters. The Kier molecular flexibility index (Phi) is 9.13. The van der Waals surface area contributed by atoms with Crippen LogP contribution >= 0.6 is 0 Å². The molecule has 7 unspecified atom stereocenters. The van der Waals surface area contributed by atoms with Gasteiger partial charge in [0.2, 0.25) is 0 Å². The van der Waals surface area contributed by atoms with Gasteiger partial charge in [-0.25, -0.2) is 0 Å². The lowest BCUT2D eigenvalue weighted by atomic mass is 9.34. The molecule has 0 aliphatic heterocycles. The summed E-state index contributed by atoms with van der Waals surface area (Å²) in [6.07, 6.45) is 11.6. The zero-order valence-corrected chi connectivity index (χ0v) is 31.3. The van der Waals surface area contributed by atoms with Crippen LogP contribution in [0.3, 0.4) is 0 Å². The summed E-state index contributed by atoms with van der Waals surface area (Å²) < 4.78 is 6.60. The Labute approximate surface area is 281 Å². The minimum atomic E-state index is -0.886. The van der Waals surface area contributed by atoms with Crippen LogP contribution in [-0.4, -0.2) is 35.5 Å². The standard InChI is InChI=1S/C41H67NO4/c1-25(2)33-28(43)24-41(21-22-42-26(3)4)20-15-31-39(11)17-13-29-37(8,9)32(46-27(5)23-36(6,7)35(44)45)16-19-38(29,10)30(39)14-18-40(31,12)34(33)41/h25-26,29-32,42H,5,13-24H2,1-4,6-12H3,(H,44,45)/t29?,30?,31?,32-,38?,39?,40?,41?/m0/s1. The van der Waals surface area contributed by atoms with E-state index in [1.807, 2.05) is 0 Å². The maximum absolute atomic E-state index is 13.9. The number of ether oxygens (including phenoxy) is 1. The summed E-state index contributed by atoms with van der Waals surface area (Å²) in [7, 11) is 0. The average Bonchev–Trinajstić information content (AvgIpc) is 3.22. The van der Waals surface area contributed by atoms with E-state index in [0.29, 0.717) is 41.8 Å². The first-order chi connectivity index (χ1) is 21.2. The van der Waals surface area contributed by atoms with E-state index < -0.39 is 11.4 Å². The third-order valence-corrected chi connectivity index (χ3v) is 14.9. The number of hydrogen-bond acceptors (Lipinski definition) is 4. The highest BCUT2D eigenvalue weighted by atomic mass is 16.5. The highest BCUT2D eigenvalue weighted by Gasteiger charge is 2.69. The van der Waals surface area contributed by atoms with Crippen molar-refractivity contribution < 1.29 is 19.4 Å². The minimum Gasteiger partial charge on any atom is -0.495 e. The van der Waals surface area contributed by atoms with E-state index in [9.17, 15) is 14.7 Å². The van der Waals surface area contributed by atoms with Gasteiger partial charge in [0.1, 0.15) is 6.10 Å². The van der Waals surface area contributed by atoms with Gasteiger partial charge in [0.25, 0.3) is 0 Å². The number of nitrogens with one attached hydrogen (secondary N) is 1. The van der Waals surface area contributed by atoms with E-state index in [0.717, 1.165) is 38.6 Å². The SMILES string of the molecule is C=C(CC(C)(C)C(=O)O)O[C@H]1CCC2(C)C3CCC4(C)C5=C(C(C)C)C(=O)CC5(CCNC(C)C)CCC4C3(C)CCC2C1(C)C. The number of ketones is 1. The number of carbonyl (C=O) groups excluding carboxylic acids is 1. The fraction of sp³-hybridized carbons (Fsp3) is 0.854. The number of Topliss-reactive ketones (excluding diaryl/α,β-unsaturated/α-hetero) is 1. The Balaban J connectivity index is 1.43. The Morgan fingerprint density at radius 2 is 1.52 bits per heavy atom. The quantitative estimate of drug-likeness (QED) is 0.233. The second kappa shape index (κ2) is 11.8. The van der Waals surface area contributed by atoms with E-state index in [4.69, 9.17) is 4.74 Å². The molecule has 4 fully saturated rings. The molecule has 260 valence electrons. The topological polar surface area (TPSA) is 75.6 Å². The van der Waals surface area contributed by atoms with E-state index in [2.05, 4.69) is 74.2 Å². The number of rotatable bonds is 10. The van der Waals surface area contributed by atoms with E-state index in [1.54, 1.807) is 19.4 Å². The Hall–Kier alpha value is -1.62. The maximum atomic E-state index is 13.9. The zero-order chi connectivity index (χ0) is 34.3. The van der Waals surface area contributed by atoms with Crippen molar-refractivity contribution in [2.75, 3.05) is 6.54 Å². The summed E-state index contributed by atoms with van der Waals surface area (Å²) in [5.41, 5.74) is 2.47. The smallest absolute Gasteiger partial charge is 0.309 e. The summed E-state index contributed by atoms with van der Waals surface area (Å²) in [6.45, 7) is 30.3. The lowest BCUT2D eigenvalue weighted by Crippen LogP contribution is -2.64. The number of hydrogen-bond donors (Lipinski definition) is 2. The summed E-state index contributed by atoms with van der Waals surface area (Å²) in [5, 5.41) is 13.4. The molecule has 0 heterocycles. The van der Waals surface area contributed by atoms with Crippen LogP contribution in [-0.2, 0) is 14.3 Å². The number of carboxylic acids is 1. The predicted molar refractivity (Wildman–Crippen MR) is 187 cm³/mol. The van der Waals surface area contributed by atoms with Gasteiger partial charge < -0.3 is 15.2 Å². The molecule has 4 saturated carbocycles. The van der Waals surface area contributed by atoms with Gasteiger partial charge in [0.15, 0.2) is 5.78 Å². The predicted octanol–water partition coefficient (Wildman–Crippen LogP) is 9.76. The first-order valence-corrected chi connectivity index (χ1v) is 18.8. The summed E-state index contributed by atoms with van der Waals surface area (Å²) in [6, 6.07) is 0.460. The number of carboxylic acid groups (broad SMARTS) is 1. The van der Waals surface area contributed by atoms with Crippen molar-refractivity contribution in [2.45, 2.75) is 159 Å². The fourth-order valence-electron chi connectivity index (χ4n) is 13.0. The van der Waals surface area contributed by atoms with Crippen molar-refractivity contribution in [3.05, 3.63) is 23.5 Å². The highest BCUT2D eigenvalue weighted by Crippen LogP contribution is 2.76. The van der Waals surface area contributed by atoms with E-state index >= 15 is 0 Å². The molecule has 0 bridgehead atoms. The largest absolute Gasteiger partial charge is 0.495 e. The zero-order valence-electron chi connectivity index (χ0n) is 31.3. The lowest BCUT2D eigenvalue weighted by Gasteiger charge is -2.71. The monoisotopic (exact) mass is 638 g/mol. The molecule has 0 aromatic carbocycles. The number of allylic oxidation sites excluding steroid dienone is 3. The molecule has 2 N–H and O–H groups in total. The van der Waals surface area contributed by atoms with Crippen LogP contribution in [0.1, 0.15) is 147 Å². The van der Waals surface area contributed by atoms with E-state index in [-0.39, 0.29) is 39.1 Å². The van der Waals surface area contributed by atoms with Crippen molar-refractivity contribution >= 4 is 11.8 Å². The van der Waals surface area contributed by atoms with Gasteiger partial charge in [-0.2, -0.15) is 0 Å². The van der Waals surface area contributed by atoms with Crippen LogP contribution in [0.2, 0.25) is 0 Å². The van der Waals surface area contributed by atoms with Gasteiger partial charge >= 0.3 is 5.97 Å². The molecule has 46 heavy (non-hydrogen) atoms. The summed E-state index contributed by atoms with van der Waals surface area (Å²) in [5.74, 6) is 2.32. The molecule has 5 aliphatic carbocycles. The molecule has 0 radical (unpaired) electrons. The summed E-state index contributed by atoms with van der Waals surface area (Å²) in [4.78, 5) is 25.7. The maximum Gasteiger partial charge on any atom is 0.309 e. The first-order valence-electron chi connectivity index (χ1n) is 18.8. The van der Waals surface area contributed by atoms with Gasteiger partial charge in [0.05, 0.1) is 11.2 Å². The van der Waals surface area contributed by atoms with Crippen LogP contribution in [0.25, 0.3) is 0 Å². The first kappa shape index (κ1) is 35.7.